The lowest BCUT2D eigenvalue weighted by atomic mass is 10.2. The Bertz CT molecular complexity index is 605. The Kier molecular flexibility index (Phi) is 6.82. The summed E-state index contributed by atoms with van der Waals surface area (Å²) in [6.45, 7) is 0.0658. The second-order valence-corrected chi connectivity index (χ2v) is 6.20. The number of rotatable bonds is 6. The van der Waals surface area contributed by atoms with Crippen molar-refractivity contribution in [3.63, 3.8) is 0 Å². The molecule has 0 amide bonds. The Morgan fingerprint density at radius 1 is 1.45 bits per heavy atom. The molecule has 0 atom stereocenters. The van der Waals surface area contributed by atoms with Crippen molar-refractivity contribution in [1.82, 2.24) is 0 Å². The number of halogens is 1. The van der Waals surface area contributed by atoms with Gasteiger partial charge >= 0.3 is 0 Å². The van der Waals surface area contributed by atoms with Crippen LogP contribution in [0.15, 0.2) is 18.2 Å². The third-order valence-corrected chi connectivity index (χ3v) is 3.90. The van der Waals surface area contributed by atoms with Crippen molar-refractivity contribution in [2.24, 2.45) is 0 Å². The molecule has 0 saturated carbocycles. The molecule has 20 heavy (non-hydrogen) atoms. The molecule has 0 fully saturated rings. The highest BCUT2D eigenvalue weighted by Gasteiger charge is 2.12. The third-order valence-electron chi connectivity index (χ3n) is 2.31. The zero-order valence-corrected chi connectivity index (χ0v) is 12.6. The first-order chi connectivity index (χ1) is 9.48. The van der Waals surface area contributed by atoms with Crippen LogP contribution >= 0.6 is 11.6 Å². The summed E-state index contributed by atoms with van der Waals surface area (Å²) >= 11 is 5.85. The fourth-order valence-corrected chi connectivity index (χ4v) is 2.73. The lowest BCUT2D eigenvalue weighted by Gasteiger charge is -2.10. The van der Waals surface area contributed by atoms with E-state index >= 15 is 0 Å². The van der Waals surface area contributed by atoms with Gasteiger partial charge in [-0.2, -0.15) is 0 Å². The fourth-order valence-electron chi connectivity index (χ4n) is 1.46. The van der Waals surface area contributed by atoms with Crippen LogP contribution in [0.25, 0.3) is 0 Å². The summed E-state index contributed by atoms with van der Waals surface area (Å²) in [7, 11) is -1.98. The highest BCUT2D eigenvalue weighted by molar-refractivity contribution is 7.92. The van der Waals surface area contributed by atoms with E-state index in [1.54, 1.807) is 12.1 Å². The van der Waals surface area contributed by atoms with Gasteiger partial charge in [-0.1, -0.05) is 23.4 Å². The van der Waals surface area contributed by atoms with Crippen LogP contribution in [0.1, 0.15) is 12.0 Å². The van der Waals surface area contributed by atoms with E-state index in [1.165, 1.54) is 13.2 Å². The molecule has 0 aromatic heterocycles. The molecule has 1 rings (SSSR count). The molecule has 5 nitrogen and oxygen atoms in total. The van der Waals surface area contributed by atoms with Crippen LogP contribution in [0, 0.1) is 11.8 Å². The quantitative estimate of drug-likeness (QED) is 0.615. The molecule has 0 saturated heterocycles. The highest BCUT2D eigenvalue weighted by atomic mass is 35.5. The first kappa shape index (κ1) is 16.8. The van der Waals surface area contributed by atoms with Crippen LogP contribution in [-0.2, 0) is 14.8 Å². The molecular formula is C13H16ClNO4S. The van der Waals surface area contributed by atoms with E-state index in [1.807, 2.05) is 0 Å². The minimum atomic E-state index is -3.49. The molecule has 0 bridgehead atoms. The molecule has 0 aliphatic rings. The van der Waals surface area contributed by atoms with Crippen molar-refractivity contribution < 1.29 is 18.3 Å². The molecule has 0 aliphatic heterocycles. The van der Waals surface area contributed by atoms with Gasteiger partial charge in [0.05, 0.1) is 11.4 Å². The number of methoxy groups -OCH3 is 1. The number of aliphatic hydroxyl groups is 1. The zero-order chi connectivity index (χ0) is 15.0. The largest absolute Gasteiger partial charge is 0.385 e. The second kappa shape index (κ2) is 8.12. The van der Waals surface area contributed by atoms with Crippen LogP contribution in [-0.4, -0.2) is 39.6 Å². The number of hydrogen-bond acceptors (Lipinski definition) is 4. The van der Waals surface area contributed by atoms with E-state index in [2.05, 4.69) is 16.6 Å². The first-order valence-corrected chi connectivity index (χ1v) is 7.90. The number of ether oxygens (including phenoxy) is 1. The van der Waals surface area contributed by atoms with Gasteiger partial charge in [0.15, 0.2) is 0 Å². The molecule has 7 heteroatoms. The summed E-state index contributed by atoms with van der Waals surface area (Å²) in [5.74, 6) is 5.08. The number of benzene rings is 1. The first-order valence-electron chi connectivity index (χ1n) is 5.87. The van der Waals surface area contributed by atoms with Crippen molar-refractivity contribution in [2.75, 3.05) is 30.8 Å². The summed E-state index contributed by atoms with van der Waals surface area (Å²) < 4.78 is 31.1. The summed E-state index contributed by atoms with van der Waals surface area (Å²) in [6.07, 6.45) is 0.393. The molecule has 0 unspecified atom stereocenters. The van der Waals surface area contributed by atoms with Crippen molar-refractivity contribution in [3.05, 3.63) is 28.8 Å². The molecule has 0 heterocycles. The van der Waals surface area contributed by atoms with Crippen LogP contribution in [0.5, 0.6) is 0 Å². The van der Waals surface area contributed by atoms with E-state index in [0.29, 0.717) is 29.3 Å². The maximum atomic E-state index is 11.9. The van der Waals surface area contributed by atoms with Gasteiger partial charge in [-0.3, -0.25) is 4.72 Å². The Hall–Kier alpha value is -1.26. The number of nitrogens with one attached hydrogen (secondary N) is 1. The zero-order valence-electron chi connectivity index (χ0n) is 11.0. The maximum Gasteiger partial charge on any atom is 0.232 e. The van der Waals surface area contributed by atoms with Crippen LogP contribution in [0.2, 0.25) is 5.02 Å². The summed E-state index contributed by atoms with van der Waals surface area (Å²) in [5, 5.41) is 9.09. The standard InChI is InChI=1S/C13H16ClNO4S/c1-19-8-3-9-20(17,18)15-13-10-12(14)6-5-11(13)4-2-7-16/h5-6,10,15-16H,3,7-9H2,1H3. The van der Waals surface area contributed by atoms with Gasteiger partial charge in [0.1, 0.15) is 6.61 Å². The highest BCUT2D eigenvalue weighted by Crippen LogP contribution is 2.21. The van der Waals surface area contributed by atoms with Gasteiger partial charge in [0.2, 0.25) is 10.0 Å². The summed E-state index contributed by atoms with van der Waals surface area (Å²) in [4.78, 5) is 0. The molecule has 0 spiro atoms. The Balaban J connectivity index is 2.92. The average molecular weight is 318 g/mol. The predicted molar refractivity (Wildman–Crippen MR) is 79.3 cm³/mol. The van der Waals surface area contributed by atoms with Crippen molar-refractivity contribution in [3.8, 4) is 11.8 Å². The second-order valence-electron chi connectivity index (χ2n) is 3.92. The topological polar surface area (TPSA) is 75.6 Å². The van der Waals surface area contributed by atoms with E-state index in [0.717, 1.165) is 0 Å². The Morgan fingerprint density at radius 2 is 2.20 bits per heavy atom. The lowest BCUT2D eigenvalue weighted by molar-refractivity contribution is 0.199. The molecular weight excluding hydrogens is 302 g/mol. The van der Waals surface area contributed by atoms with Gasteiger partial charge in [0.25, 0.3) is 0 Å². The minimum Gasteiger partial charge on any atom is -0.385 e. The SMILES string of the molecule is COCCCS(=O)(=O)Nc1cc(Cl)ccc1C#CCO. The van der Waals surface area contributed by atoms with Gasteiger partial charge in [-0.25, -0.2) is 8.42 Å². The molecule has 2 N–H and O–H groups in total. The predicted octanol–water partition coefficient (Wildman–Crippen LogP) is 1.46. The lowest BCUT2D eigenvalue weighted by Crippen LogP contribution is -2.18. The van der Waals surface area contributed by atoms with Crippen molar-refractivity contribution in [1.29, 1.82) is 0 Å². The Labute approximate surface area is 124 Å². The summed E-state index contributed by atoms with van der Waals surface area (Å²) in [6, 6.07) is 4.68. The monoisotopic (exact) mass is 317 g/mol. The van der Waals surface area contributed by atoms with Gasteiger partial charge in [-0.05, 0) is 24.6 Å². The van der Waals surface area contributed by atoms with Crippen LogP contribution in [0.3, 0.4) is 0 Å². The van der Waals surface area contributed by atoms with Gasteiger partial charge in [0, 0.05) is 24.3 Å². The van der Waals surface area contributed by atoms with E-state index in [-0.39, 0.29) is 12.4 Å². The number of aliphatic hydroxyl groups excluding tert-OH is 1. The molecule has 110 valence electrons. The molecule has 0 aliphatic carbocycles. The number of hydrogen-bond donors (Lipinski definition) is 2. The third kappa shape index (κ3) is 5.80. The van der Waals surface area contributed by atoms with E-state index < -0.39 is 10.0 Å². The maximum absolute atomic E-state index is 11.9. The van der Waals surface area contributed by atoms with Crippen LogP contribution < -0.4 is 4.72 Å². The Morgan fingerprint density at radius 3 is 2.85 bits per heavy atom. The average Bonchev–Trinajstić information content (AvgIpc) is 2.37. The van der Waals surface area contributed by atoms with Gasteiger partial charge < -0.3 is 9.84 Å². The van der Waals surface area contributed by atoms with Crippen molar-refractivity contribution >= 4 is 27.3 Å². The number of anilines is 1. The number of sulfonamides is 1. The van der Waals surface area contributed by atoms with Gasteiger partial charge in [-0.15, -0.1) is 0 Å². The van der Waals surface area contributed by atoms with E-state index in [4.69, 9.17) is 21.4 Å². The van der Waals surface area contributed by atoms with E-state index in [9.17, 15) is 8.42 Å². The van der Waals surface area contributed by atoms with Crippen LogP contribution in [0.4, 0.5) is 5.69 Å². The minimum absolute atomic E-state index is 0.0553. The summed E-state index contributed by atoms with van der Waals surface area (Å²) in [5.41, 5.74) is 0.759. The molecule has 0 radical (unpaired) electrons. The normalized spacial score (nSPS) is 10.8. The molecule has 1 aromatic rings. The fraction of sp³-hybridized carbons (Fsp3) is 0.385. The molecule has 1 aromatic carbocycles. The van der Waals surface area contributed by atoms with Crippen molar-refractivity contribution in [2.45, 2.75) is 6.42 Å². The smallest absolute Gasteiger partial charge is 0.232 e.